The maximum absolute atomic E-state index is 5.50. The summed E-state index contributed by atoms with van der Waals surface area (Å²) in [7, 11) is 0. The lowest BCUT2D eigenvalue weighted by molar-refractivity contribution is 0.340. The molecule has 0 unspecified atom stereocenters. The lowest BCUT2D eigenvalue weighted by atomic mass is 10.1. The van der Waals surface area contributed by atoms with Gasteiger partial charge < -0.3 is 10.1 Å². The number of nitrogens with one attached hydrogen (secondary N) is 1. The number of benzene rings is 2. The Balaban J connectivity index is 1.87. The first-order chi connectivity index (χ1) is 9.28. The summed E-state index contributed by atoms with van der Waals surface area (Å²) in [6, 6.07) is 16.8. The Hall–Kier alpha value is -1.80. The molecule has 0 radical (unpaired) electrons. The van der Waals surface area contributed by atoms with Crippen LogP contribution in [0.25, 0.3) is 0 Å². The summed E-state index contributed by atoms with van der Waals surface area (Å²) in [4.78, 5) is 0. The van der Waals surface area contributed by atoms with Crippen molar-refractivity contribution in [2.45, 2.75) is 26.9 Å². The van der Waals surface area contributed by atoms with Gasteiger partial charge >= 0.3 is 0 Å². The Morgan fingerprint density at radius 1 is 0.947 bits per heavy atom. The van der Waals surface area contributed by atoms with E-state index in [4.69, 9.17) is 4.74 Å². The molecule has 0 amide bonds. The van der Waals surface area contributed by atoms with Gasteiger partial charge in [0.2, 0.25) is 0 Å². The minimum atomic E-state index is 0.709. The SMILES string of the molecule is CCOc1cccc(CNCc2cccc(C)c2)c1. The van der Waals surface area contributed by atoms with Crippen molar-refractivity contribution in [2.75, 3.05) is 6.61 Å². The van der Waals surface area contributed by atoms with E-state index in [2.05, 4.69) is 48.6 Å². The zero-order chi connectivity index (χ0) is 13.5. The van der Waals surface area contributed by atoms with Crippen LogP contribution in [0.2, 0.25) is 0 Å². The molecule has 0 heterocycles. The first-order valence-corrected chi connectivity index (χ1v) is 6.76. The number of hydrogen-bond acceptors (Lipinski definition) is 2. The molecule has 0 bridgehead atoms. The second kappa shape index (κ2) is 6.95. The lowest BCUT2D eigenvalue weighted by Gasteiger charge is -2.08. The predicted molar refractivity (Wildman–Crippen MR) is 79.3 cm³/mol. The Bertz CT molecular complexity index is 522. The molecule has 0 fully saturated rings. The van der Waals surface area contributed by atoms with Crippen LogP contribution < -0.4 is 10.1 Å². The van der Waals surface area contributed by atoms with Gasteiger partial charge in [0, 0.05) is 13.1 Å². The summed E-state index contributed by atoms with van der Waals surface area (Å²) in [5, 5.41) is 3.46. The Morgan fingerprint density at radius 2 is 1.63 bits per heavy atom. The fraction of sp³-hybridized carbons (Fsp3) is 0.294. The van der Waals surface area contributed by atoms with Gasteiger partial charge in [-0.15, -0.1) is 0 Å². The Labute approximate surface area is 115 Å². The quantitative estimate of drug-likeness (QED) is 0.850. The van der Waals surface area contributed by atoms with Gasteiger partial charge in [-0.3, -0.25) is 0 Å². The first kappa shape index (κ1) is 13.6. The number of aryl methyl sites for hydroxylation is 1. The van der Waals surface area contributed by atoms with Gasteiger partial charge in [0.05, 0.1) is 6.61 Å². The highest BCUT2D eigenvalue weighted by atomic mass is 16.5. The highest BCUT2D eigenvalue weighted by Crippen LogP contribution is 2.13. The molecule has 0 saturated carbocycles. The summed E-state index contributed by atoms with van der Waals surface area (Å²) in [6.45, 7) is 6.58. The smallest absolute Gasteiger partial charge is 0.119 e. The van der Waals surface area contributed by atoms with Crippen LogP contribution in [0.15, 0.2) is 48.5 Å². The van der Waals surface area contributed by atoms with E-state index in [-0.39, 0.29) is 0 Å². The fourth-order valence-electron chi connectivity index (χ4n) is 2.09. The van der Waals surface area contributed by atoms with E-state index in [0.29, 0.717) is 6.61 Å². The van der Waals surface area contributed by atoms with Crippen LogP contribution in [-0.4, -0.2) is 6.61 Å². The molecule has 19 heavy (non-hydrogen) atoms. The first-order valence-electron chi connectivity index (χ1n) is 6.76. The number of hydrogen-bond donors (Lipinski definition) is 1. The molecule has 2 aromatic rings. The van der Waals surface area contributed by atoms with Crippen molar-refractivity contribution in [3.05, 3.63) is 65.2 Å². The van der Waals surface area contributed by atoms with Gasteiger partial charge in [-0.2, -0.15) is 0 Å². The molecule has 2 rings (SSSR count). The van der Waals surface area contributed by atoms with Crippen molar-refractivity contribution in [3.63, 3.8) is 0 Å². The molecule has 0 aliphatic carbocycles. The molecule has 2 heteroatoms. The lowest BCUT2D eigenvalue weighted by Crippen LogP contribution is -2.12. The highest BCUT2D eigenvalue weighted by molar-refractivity contribution is 5.28. The van der Waals surface area contributed by atoms with E-state index in [1.807, 2.05) is 19.1 Å². The zero-order valence-corrected chi connectivity index (χ0v) is 11.6. The Morgan fingerprint density at radius 3 is 2.32 bits per heavy atom. The highest BCUT2D eigenvalue weighted by Gasteiger charge is 1.97. The summed E-state index contributed by atoms with van der Waals surface area (Å²) >= 11 is 0. The summed E-state index contributed by atoms with van der Waals surface area (Å²) in [6.07, 6.45) is 0. The monoisotopic (exact) mass is 255 g/mol. The predicted octanol–water partition coefficient (Wildman–Crippen LogP) is 3.68. The standard InChI is InChI=1S/C17H21NO/c1-3-19-17-9-5-8-16(11-17)13-18-12-15-7-4-6-14(2)10-15/h4-11,18H,3,12-13H2,1-2H3. The molecule has 100 valence electrons. The minimum Gasteiger partial charge on any atom is -0.494 e. The van der Waals surface area contributed by atoms with E-state index in [0.717, 1.165) is 18.8 Å². The van der Waals surface area contributed by atoms with Gasteiger partial charge in [0.25, 0.3) is 0 Å². The van der Waals surface area contributed by atoms with Crippen LogP contribution >= 0.6 is 0 Å². The van der Waals surface area contributed by atoms with E-state index in [9.17, 15) is 0 Å². The molecular weight excluding hydrogens is 234 g/mol. The molecule has 0 saturated heterocycles. The van der Waals surface area contributed by atoms with Gasteiger partial charge in [-0.05, 0) is 37.1 Å². The van der Waals surface area contributed by atoms with Crippen molar-refractivity contribution in [1.82, 2.24) is 5.32 Å². The third-order valence-corrected chi connectivity index (χ3v) is 2.95. The van der Waals surface area contributed by atoms with Crippen molar-refractivity contribution < 1.29 is 4.74 Å². The van der Waals surface area contributed by atoms with E-state index < -0.39 is 0 Å². The molecule has 0 atom stereocenters. The van der Waals surface area contributed by atoms with Gasteiger partial charge in [0.1, 0.15) is 5.75 Å². The van der Waals surface area contributed by atoms with Crippen molar-refractivity contribution in [2.24, 2.45) is 0 Å². The van der Waals surface area contributed by atoms with Crippen molar-refractivity contribution in [3.8, 4) is 5.75 Å². The second-order valence-electron chi connectivity index (χ2n) is 4.67. The molecule has 0 spiro atoms. The average Bonchev–Trinajstić information content (AvgIpc) is 2.40. The van der Waals surface area contributed by atoms with Crippen LogP contribution in [0.3, 0.4) is 0 Å². The van der Waals surface area contributed by atoms with E-state index in [1.165, 1.54) is 16.7 Å². The van der Waals surface area contributed by atoms with Crippen LogP contribution in [0.5, 0.6) is 5.75 Å². The Kier molecular flexibility index (Phi) is 4.99. The zero-order valence-electron chi connectivity index (χ0n) is 11.6. The second-order valence-corrected chi connectivity index (χ2v) is 4.67. The number of ether oxygens (including phenoxy) is 1. The molecule has 0 aromatic heterocycles. The molecule has 2 aromatic carbocycles. The average molecular weight is 255 g/mol. The third kappa shape index (κ3) is 4.42. The molecule has 2 nitrogen and oxygen atoms in total. The fourth-order valence-corrected chi connectivity index (χ4v) is 2.09. The normalized spacial score (nSPS) is 10.4. The summed E-state index contributed by atoms with van der Waals surface area (Å²) in [5.74, 6) is 0.942. The van der Waals surface area contributed by atoms with Gasteiger partial charge in [-0.25, -0.2) is 0 Å². The minimum absolute atomic E-state index is 0.709. The van der Waals surface area contributed by atoms with Gasteiger partial charge in [0.15, 0.2) is 0 Å². The largest absolute Gasteiger partial charge is 0.494 e. The molecular formula is C17H21NO. The maximum Gasteiger partial charge on any atom is 0.119 e. The van der Waals surface area contributed by atoms with Gasteiger partial charge in [-0.1, -0.05) is 42.0 Å². The van der Waals surface area contributed by atoms with Crippen molar-refractivity contribution in [1.29, 1.82) is 0 Å². The topological polar surface area (TPSA) is 21.3 Å². The molecule has 0 aliphatic rings. The summed E-state index contributed by atoms with van der Waals surface area (Å²) in [5.41, 5.74) is 3.87. The summed E-state index contributed by atoms with van der Waals surface area (Å²) < 4.78 is 5.50. The van der Waals surface area contributed by atoms with E-state index in [1.54, 1.807) is 0 Å². The molecule has 1 N–H and O–H groups in total. The van der Waals surface area contributed by atoms with Crippen molar-refractivity contribution >= 4 is 0 Å². The molecule has 0 aliphatic heterocycles. The van der Waals surface area contributed by atoms with Crippen LogP contribution in [0.1, 0.15) is 23.6 Å². The third-order valence-electron chi connectivity index (χ3n) is 2.95. The van der Waals surface area contributed by atoms with E-state index >= 15 is 0 Å². The number of rotatable bonds is 6. The van der Waals surface area contributed by atoms with Crippen LogP contribution in [-0.2, 0) is 13.1 Å². The van der Waals surface area contributed by atoms with Crippen LogP contribution in [0, 0.1) is 6.92 Å². The maximum atomic E-state index is 5.50. The van der Waals surface area contributed by atoms with Crippen LogP contribution in [0.4, 0.5) is 0 Å².